The van der Waals surface area contributed by atoms with E-state index in [1.54, 1.807) is 17.7 Å². The van der Waals surface area contributed by atoms with E-state index in [1.807, 2.05) is 5.38 Å². The molecule has 0 fully saturated rings. The molecule has 2 N–H and O–H groups in total. The van der Waals surface area contributed by atoms with Crippen LogP contribution in [0, 0.1) is 0 Å². The third kappa shape index (κ3) is 5.48. The van der Waals surface area contributed by atoms with Gasteiger partial charge in [-0.2, -0.15) is 13.1 Å². The van der Waals surface area contributed by atoms with Gasteiger partial charge in [-0.15, -0.1) is 11.3 Å². The molecule has 0 radical (unpaired) electrons. The van der Waals surface area contributed by atoms with Gasteiger partial charge < -0.3 is 4.74 Å². The highest BCUT2D eigenvalue weighted by Gasteiger charge is 2.14. The van der Waals surface area contributed by atoms with E-state index in [2.05, 4.69) is 25.4 Å². The Hall–Kier alpha value is -0.640. The largest absolute Gasteiger partial charge is 0.449 e. The molecule has 1 heterocycles. The average Bonchev–Trinajstić information content (AvgIpc) is 2.61. The Morgan fingerprint density at radius 1 is 1.59 bits per heavy atom. The summed E-state index contributed by atoms with van der Waals surface area (Å²) in [7, 11) is -3.88. The second-order valence-electron chi connectivity index (χ2n) is 2.88. The van der Waals surface area contributed by atoms with Gasteiger partial charge in [-0.3, -0.25) is 0 Å². The predicted octanol–water partition coefficient (Wildman–Crippen LogP) is 1.59. The van der Waals surface area contributed by atoms with Gasteiger partial charge in [0.2, 0.25) is 0 Å². The summed E-state index contributed by atoms with van der Waals surface area (Å²) in [5, 5.41) is 1.84. The summed E-state index contributed by atoms with van der Waals surface area (Å²) in [6, 6.07) is 1.79. The van der Waals surface area contributed by atoms with Crippen LogP contribution in [-0.4, -0.2) is 21.1 Å². The first kappa shape index (κ1) is 14.4. The van der Waals surface area contributed by atoms with Gasteiger partial charge in [0.1, 0.15) is 0 Å². The predicted molar refractivity (Wildman–Crippen MR) is 67.9 cm³/mol. The van der Waals surface area contributed by atoms with Crippen LogP contribution in [0.4, 0.5) is 4.79 Å². The fraction of sp³-hybridized carbons (Fsp3) is 0.375. The van der Waals surface area contributed by atoms with Crippen molar-refractivity contribution in [1.29, 1.82) is 0 Å². The molecule has 0 unspecified atom stereocenters. The Balaban J connectivity index is 2.47. The van der Waals surface area contributed by atoms with Crippen molar-refractivity contribution in [2.24, 2.45) is 0 Å². The first-order valence-electron chi connectivity index (χ1n) is 4.60. The number of thiophene rings is 1. The maximum atomic E-state index is 11.4. The summed E-state index contributed by atoms with van der Waals surface area (Å²) in [6.07, 6.45) is -0.993. The minimum absolute atomic E-state index is 0.110. The smallest absolute Gasteiger partial charge is 0.421 e. The van der Waals surface area contributed by atoms with Gasteiger partial charge in [0.15, 0.2) is 0 Å². The molecule has 1 aromatic rings. The summed E-state index contributed by atoms with van der Waals surface area (Å²) in [5.41, 5.74) is 0. The van der Waals surface area contributed by atoms with E-state index < -0.39 is 16.3 Å². The molecule has 0 bridgehead atoms. The number of amides is 1. The van der Waals surface area contributed by atoms with Gasteiger partial charge in [0.25, 0.3) is 0 Å². The number of halogens is 1. The Kier molecular flexibility index (Phi) is 5.37. The minimum atomic E-state index is -3.88. The second kappa shape index (κ2) is 6.34. The quantitative estimate of drug-likeness (QED) is 0.850. The van der Waals surface area contributed by atoms with E-state index in [0.29, 0.717) is 0 Å². The van der Waals surface area contributed by atoms with Crippen molar-refractivity contribution in [3.63, 3.8) is 0 Å². The van der Waals surface area contributed by atoms with E-state index >= 15 is 0 Å². The molecular formula is C8H11BrN2O4S2. The molecular weight excluding hydrogens is 332 g/mol. The minimum Gasteiger partial charge on any atom is -0.449 e. The first-order chi connectivity index (χ1) is 7.93. The summed E-state index contributed by atoms with van der Waals surface area (Å²) in [5.74, 6) is 0. The SMILES string of the molecule is CCOC(=O)NS(=O)(=O)NCc1cc(Br)cs1. The van der Waals surface area contributed by atoms with Crippen LogP contribution in [0.25, 0.3) is 0 Å². The number of hydrogen-bond acceptors (Lipinski definition) is 5. The number of ether oxygens (including phenoxy) is 1. The van der Waals surface area contributed by atoms with Crippen molar-refractivity contribution in [2.75, 3.05) is 6.61 Å². The van der Waals surface area contributed by atoms with Crippen molar-refractivity contribution in [3.05, 3.63) is 20.8 Å². The number of carbonyl (C=O) groups is 1. The highest BCUT2D eigenvalue weighted by atomic mass is 79.9. The number of carbonyl (C=O) groups excluding carboxylic acids is 1. The van der Waals surface area contributed by atoms with E-state index in [-0.39, 0.29) is 13.2 Å². The molecule has 96 valence electrons. The number of hydrogen-bond donors (Lipinski definition) is 2. The lowest BCUT2D eigenvalue weighted by molar-refractivity contribution is 0.158. The Bertz CT molecular complexity index is 485. The lowest BCUT2D eigenvalue weighted by atomic mass is 10.5. The lowest BCUT2D eigenvalue weighted by Crippen LogP contribution is -2.40. The van der Waals surface area contributed by atoms with Gasteiger partial charge in [-0.25, -0.2) is 9.52 Å². The van der Waals surface area contributed by atoms with Crippen LogP contribution >= 0.6 is 27.3 Å². The molecule has 0 aromatic carbocycles. The van der Waals surface area contributed by atoms with Crippen LogP contribution in [0.15, 0.2) is 15.9 Å². The monoisotopic (exact) mass is 342 g/mol. The number of nitrogens with one attached hydrogen (secondary N) is 2. The number of rotatable bonds is 5. The average molecular weight is 343 g/mol. The summed E-state index contributed by atoms with van der Waals surface area (Å²) in [4.78, 5) is 11.7. The highest BCUT2D eigenvalue weighted by Crippen LogP contribution is 2.19. The van der Waals surface area contributed by atoms with E-state index in [9.17, 15) is 13.2 Å². The summed E-state index contributed by atoms with van der Waals surface area (Å²) < 4.78 is 32.0. The molecule has 6 nitrogen and oxygen atoms in total. The van der Waals surface area contributed by atoms with Gasteiger partial charge in [-0.1, -0.05) is 0 Å². The molecule has 0 atom stereocenters. The van der Waals surface area contributed by atoms with Gasteiger partial charge in [0, 0.05) is 21.3 Å². The lowest BCUT2D eigenvalue weighted by Gasteiger charge is -2.06. The maximum Gasteiger partial charge on any atom is 0.421 e. The van der Waals surface area contributed by atoms with Crippen LogP contribution in [0.1, 0.15) is 11.8 Å². The molecule has 0 aliphatic heterocycles. The Morgan fingerprint density at radius 3 is 2.82 bits per heavy atom. The standard InChI is InChI=1S/C8H11BrN2O4S2/c1-2-15-8(12)11-17(13,14)10-4-7-3-6(9)5-16-7/h3,5,10H,2,4H2,1H3,(H,11,12). The second-order valence-corrected chi connectivity index (χ2v) is 6.29. The molecule has 1 amide bonds. The third-order valence-electron chi connectivity index (χ3n) is 1.55. The maximum absolute atomic E-state index is 11.4. The summed E-state index contributed by atoms with van der Waals surface area (Å²) >= 11 is 4.66. The van der Waals surface area contributed by atoms with Crippen LogP contribution in [0.2, 0.25) is 0 Å². The van der Waals surface area contributed by atoms with Crippen molar-refractivity contribution in [2.45, 2.75) is 13.5 Å². The Morgan fingerprint density at radius 2 is 2.29 bits per heavy atom. The van der Waals surface area contributed by atoms with Crippen molar-refractivity contribution < 1.29 is 17.9 Å². The zero-order valence-corrected chi connectivity index (χ0v) is 12.1. The molecule has 0 spiro atoms. The van der Waals surface area contributed by atoms with E-state index in [4.69, 9.17) is 0 Å². The molecule has 0 aliphatic carbocycles. The van der Waals surface area contributed by atoms with E-state index in [0.717, 1.165) is 9.35 Å². The molecule has 0 aliphatic rings. The Labute approximate surface area is 112 Å². The zero-order valence-electron chi connectivity index (χ0n) is 8.90. The first-order valence-corrected chi connectivity index (χ1v) is 7.75. The van der Waals surface area contributed by atoms with Crippen molar-refractivity contribution in [1.82, 2.24) is 9.44 Å². The molecule has 9 heteroatoms. The van der Waals surface area contributed by atoms with Crippen LogP contribution in [0.5, 0.6) is 0 Å². The van der Waals surface area contributed by atoms with Crippen molar-refractivity contribution >= 4 is 43.6 Å². The third-order valence-corrected chi connectivity index (χ3v) is 4.21. The molecule has 1 aromatic heterocycles. The van der Waals surface area contributed by atoms with Crippen LogP contribution in [-0.2, 0) is 21.5 Å². The van der Waals surface area contributed by atoms with Crippen molar-refractivity contribution in [3.8, 4) is 0 Å². The normalized spacial score (nSPS) is 11.2. The van der Waals surface area contributed by atoms with Gasteiger partial charge in [-0.05, 0) is 28.9 Å². The van der Waals surface area contributed by atoms with Crippen LogP contribution in [0.3, 0.4) is 0 Å². The molecule has 1 rings (SSSR count). The van der Waals surface area contributed by atoms with Gasteiger partial charge >= 0.3 is 16.3 Å². The zero-order chi connectivity index (χ0) is 12.9. The fourth-order valence-electron chi connectivity index (χ4n) is 0.919. The topological polar surface area (TPSA) is 84.5 Å². The summed E-state index contributed by atoms with van der Waals surface area (Å²) in [6.45, 7) is 1.81. The molecule has 0 saturated carbocycles. The molecule has 17 heavy (non-hydrogen) atoms. The fourth-order valence-corrected chi connectivity index (χ4v) is 3.10. The highest BCUT2D eigenvalue weighted by molar-refractivity contribution is 9.10. The van der Waals surface area contributed by atoms with E-state index in [1.165, 1.54) is 11.3 Å². The van der Waals surface area contributed by atoms with Gasteiger partial charge in [0.05, 0.1) is 6.61 Å². The molecule has 0 saturated heterocycles. The van der Waals surface area contributed by atoms with Crippen LogP contribution < -0.4 is 9.44 Å².